The van der Waals surface area contributed by atoms with E-state index in [1.165, 1.54) is 11.3 Å². The van der Waals surface area contributed by atoms with Gasteiger partial charge in [0.15, 0.2) is 0 Å². The van der Waals surface area contributed by atoms with Gasteiger partial charge in [0, 0.05) is 52.1 Å². The first kappa shape index (κ1) is 18.5. The molecule has 2 fully saturated rings. The van der Waals surface area contributed by atoms with Crippen molar-refractivity contribution in [3.05, 3.63) is 22.4 Å². The molecule has 26 heavy (non-hydrogen) atoms. The van der Waals surface area contributed by atoms with Crippen molar-refractivity contribution in [2.75, 3.05) is 45.8 Å². The zero-order valence-electron chi connectivity index (χ0n) is 14.5. The lowest BCUT2D eigenvalue weighted by Crippen LogP contribution is -2.50. The molecule has 4 amide bonds. The Kier molecular flexibility index (Phi) is 6.00. The topological polar surface area (TPSA) is 90.0 Å². The van der Waals surface area contributed by atoms with E-state index in [0.717, 1.165) is 22.9 Å². The highest BCUT2D eigenvalue weighted by atomic mass is 32.1. The lowest BCUT2D eigenvalue weighted by molar-refractivity contribution is -0.142. The average Bonchev–Trinajstić information content (AvgIpc) is 3.28. The Morgan fingerprint density at radius 3 is 2.38 bits per heavy atom. The van der Waals surface area contributed by atoms with Gasteiger partial charge in [-0.1, -0.05) is 6.07 Å². The van der Waals surface area contributed by atoms with Crippen LogP contribution in [0.3, 0.4) is 0 Å². The van der Waals surface area contributed by atoms with Gasteiger partial charge < -0.3 is 10.2 Å². The van der Waals surface area contributed by atoms with Crippen LogP contribution in [0.25, 0.3) is 0 Å². The number of likely N-dealkylation sites (tertiary alicyclic amines) is 1. The number of piperazine rings is 1. The van der Waals surface area contributed by atoms with Crippen molar-refractivity contribution in [1.29, 1.82) is 0 Å². The first-order valence-electron chi connectivity index (χ1n) is 8.69. The van der Waals surface area contributed by atoms with E-state index >= 15 is 0 Å². The molecule has 8 nitrogen and oxygen atoms in total. The Bertz CT molecular complexity index is 667. The Hall–Kier alpha value is -2.26. The summed E-state index contributed by atoms with van der Waals surface area (Å²) in [6, 6.07) is 3.71. The van der Waals surface area contributed by atoms with E-state index in [2.05, 4.69) is 10.2 Å². The number of carbonyl (C=O) groups excluding carboxylic acids is 4. The second-order valence-corrected chi connectivity index (χ2v) is 7.28. The van der Waals surface area contributed by atoms with Crippen LogP contribution >= 0.6 is 11.3 Å². The predicted octanol–water partition coefficient (Wildman–Crippen LogP) is -0.229. The fraction of sp³-hybridized carbons (Fsp3) is 0.529. The summed E-state index contributed by atoms with van der Waals surface area (Å²) in [4.78, 5) is 53.0. The van der Waals surface area contributed by atoms with E-state index < -0.39 is 0 Å². The van der Waals surface area contributed by atoms with Crippen molar-refractivity contribution < 1.29 is 19.2 Å². The largest absolute Gasteiger partial charge is 0.353 e. The van der Waals surface area contributed by atoms with Crippen molar-refractivity contribution in [3.63, 3.8) is 0 Å². The number of hydrogen-bond donors (Lipinski definition) is 1. The second-order valence-electron chi connectivity index (χ2n) is 6.33. The third-order valence-electron chi connectivity index (χ3n) is 4.60. The molecule has 0 atom stereocenters. The van der Waals surface area contributed by atoms with Crippen LogP contribution in [0.5, 0.6) is 0 Å². The molecule has 2 saturated heterocycles. The van der Waals surface area contributed by atoms with Crippen LogP contribution in [0.2, 0.25) is 0 Å². The van der Waals surface area contributed by atoms with E-state index in [9.17, 15) is 19.2 Å². The quantitative estimate of drug-likeness (QED) is 0.691. The molecule has 1 N–H and O–H groups in total. The van der Waals surface area contributed by atoms with Crippen LogP contribution in [-0.4, -0.2) is 84.1 Å². The molecular weight excluding hydrogens is 356 g/mol. The summed E-state index contributed by atoms with van der Waals surface area (Å²) >= 11 is 1.45. The molecule has 0 unspecified atom stereocenters. The van der Waals surface area contributed by atoms with Crippen molar-refractivity contribution >= 4 is 35.0 Å². The lowest BCUT2D eigenvalue weighted by atomic mass is 10.3. The van der Waals surface area contributed by atoms with Crippen molar-refractivity contribution in [2.24, 2.45) is 0 Å². The van der Waals surface area contributed by atoms with Gasteiger partial charge in [-0.3, -0.25) is 29.0 Å². The zero-order chi connectivity index (χ0) is 18.5. The minimum absolute atomic E-state index is 0.0768. The average molecular weight is 378 g/mol. The summed E-state index contributed by atoms with van der Waals surface area (Å²) in [7, 11) is 0. The summed E-state index contributed by atoms with van der Waals surface area (Å²) in [5, 5.41) is 4.65. The molecule has 3 heterocycles. The first-order valence-corrected chi connectivity index (χ1v) is 9.57. The number of nitrogens with one attached hydrogen (secondary N) is 1. The fourth-order valence-electron chi connectivity index (χ4n) is 3.08. The van der Waals surface area contributed by atoms with Crippen molar-refractivity contribution in [3.8, 4) is 0 Å². The molecule has 9 heteroatoms. The molecule has 0 saturated carbocycles. The molecule has 0 radical (unpaired) electrons. The summed E-state index contributed by atoms with van der Waals surface area (Å²) in [5.41, 5.74) is 0. The molecule has 0 aliphatic carbocycles. The van der Waals surface area contributed by atoms with Crippen LogP contribution in [0.15, 0.2) is 17.5 Å². The van der Waals surface area contributed by atoms with E-state index in [-0.39, 0.29) is 43.0 Å². The highest BCUT2D eigenvalue weighted by molar-refractivity contribution is 7.12. The van der Waals surface area contributed by atoms with Gasteiger partial charge in [0.2, 0.25) is 17.7 Å². The molecule has 1 aromatic heterocycles. The highest BCUT2D eigenvalue weighted by Gasteiger charge is 2.30. The standard InChI is InChI=1S/C17H22N4O4S/c22-14(12-21-15(23)3-4-16(21)24)18-5-6-19-7-9-20(10-8-19)17(25)13-2-1-11-26-13/h1-2,11H,3-10,12H2,(H,18,22). The van der Waals surface area contributed by atoms with Crippen molar-refractivity contribution in [1.82, 2.24) is 20.0 Å². The third-order valence-corrected chi connectivity index (χ3v) is 5.46. The maximum atomic E-state index is 12.3. The smallest absolute Gasteiger partial charge is 0.264 e. The van der Waals surface area contributed by atoms with Gasteiger partial charge in [0.1, 0.15) is 6.54 Å². The molecule has 0 bridgehead atoms. The Labute approximate surface area is 155 Å². The highest BCUT2D eigenvalue weighted by Crippen LogP contribution is 2.14. The second kappa shape index (κ2) is 8.41. The third kappa shape index (κ3) is 4.47. The van der Waals surface area contributed by atoms with E-state index in [1.54, 1.807) is 0 Å². The van der Waals surface area contributed by atoms with Crippen LogP contribution < -0.4 is 5.32 Å². The number of rotatable bonds is 6. The molecule has 0 aromatic carbocycles. The van der Waals surface area contributed by atoms with Gasteiger partial charge in [0.05, 0.1) is 4.88 Å². The van der Waals surface area contributed by atoms with Crippen LogP contribution in [0.1, 0.15) is 22.5 Å². The molecule has 3 rings (SSSR count). The molecule has 2 aliphatic rings. The summed E-state index contributed by atoms with van der Waals surface area (Å²) < 4.78 is 0. The van der Waals surface area contributed by atoms with Crippen LogP contribution in [0, 0.1) is 0 Å². The number of hydrogen-bond acceptors (Lipinski definition) is 6. The normalized spacial score (nSPS) is 18.5. The number of carbonyl (C=O) groups is 4. The van der Waals surface area contributed by atoms with Crippen LogP contribution in [0.4, 0.5) is 0 Å². The van der Waals surface area contributed by atoms with Gasteiger partial charge >= 0.3 is 0 Å². The lowest BCUT2D eigenvalue weighted by Gasteiger charge is -2.34. The Morgan fingerprint density at radius 1 is 1.08 bits per heavy atom. The maximum absolute atomic E-state index is 12.3. The van der Waals surface area contributed by atoms with E-state index in [1.807, 2.05) is 22.4 Å². The van der Waals surface area contributed by atoms with Gasteiger partial charge in [-0.15, -0.1) is 11.3 Å². The number of nitrogens with zero attached hydrogens (tertiary/aromatic N) is 3. The van der Waals surface area contributed by atoms with Crippen molar-refractivity contribution in [2.45, 2.75) is 12.8 Å². The van der Waals surface area contributed by atoms with Gasteiger partial charge in [-0.25, -0.2) is 0 Å². The summed E-state index contributed by atoms with van der Waals surface area (Å²) in [6.45, 7) is 3.79. The molecule has 0 spiro atoms. The van der Waals surface area contributed by atoms with E-state index in [4.69, 9.17) is 0 Å². The minimum atomic E-state index is -0.319. The first-order chi connectivity index (χ1) is 12.5. The van der Waals surface area contributed by atoms with Crippen LogP contribution in [-0.2, 0) is 14.4 Å². The Balaban J connectivity index is 1.34. The van der Waals surface area contributed by atoms with Gasteiger partial charge in [-0.05, 0) is 11.4 Å². The molecule has 1 aromatic rings. The molecular formula is C17H22N4O4S. The number of imide groups is 1. The predicted molar refractivity (Wildman–Crippen MR) is 95.6 cm³/mol. The number of amides is 4. The minimum Gasteiger partial charge on any atom is -0.353 e. The number of thiophene rings is 1. The monoisotopic (exact) mass is 378 g/mol. The van der Waals surface area contributed by atoms with Gasteiger partial charge in [-0.2, -0.15) is 0 Å². The molecule has 2 aliphatic heterocycles. The molecule has 140 valence electrons. The van der Waals surface area contributed by atoms with Gasteiger partial charge in [0.25, 0.3) is 5.91 Å². The van der Waals surface area contributed by atoms with E-state index in [0.29, 0.717) is 26.2 Å². The Morgan fingerprint density at radius 2 is 1.77 bits per heavy atom. The maximum Gasteiger partial charge on any atom is 0.264 e. The summed E-state index contributed by atoms with van der Waals surface area (Å²) in [5.74, 6) is -0.804. The zero-order valence-corrected chi connectivity index (χ0v) is 15.3. The fourth-order valence-corrected chi connectivity index (χ4v) is 3.77. The summed E-state index contributed by atoms with van der Waals surface area (Å²) in [6.07, 6.45) is 0.390. The SMILES string of the molecule is O=C(CN1C(=O)CCC1=O)NCCN1CCN(C(=O)c2cccs2)CC1.